The van der Waals surface area contributed by atoms with Crippen molar-refractivity contribution in [2.24, 2.45) is 5.92 Å². The van der Waals surface area contributed by atoms with Crippen LogP contribution < -0.4 is 5.32 Å². The largest absolute Gasteiger partial charge is 0.481 e. The predicted octanol–water partition coefficient (Wildman–Crippen LogP) is 4.27. The van der Waals surface area contributed by atoms with E-state index in [2.05, 4.69) is 53.8 Å². The maximum Gasteiger partial charge on any atom is 0.303 e. The van der Waals surface area contributed by atoms with Gasteiger partial charge in [0, 0.05) is 12.8 Å². The lowest BCUT2D eigenvalue weighted by Crippen LogP contribution is -2.21. The molecule has 2 N–H and O–H groups in total. The van der Waals surface area contributed by atoms with E-state index < -0.39 is 5.97 Å². The summed E-state index contributed by atoms with van der Waals surface area (Å²) < 4.78 is 0. The normalized spacial score (nSPS) is 22.2. The van der Waals surface area contributed by atoms with Crippen LogP contribution in [0.4, 0.5) is 0 Å². The van der Waals surface area contributed by atoms with Crippen LogP contribution in [0.15, 0.2) is 48.5 Å². The van der Waals surface area contributed by atoms with Gasteiger partial charge >= 0.3 is 5.97 Å². The molecule has 2 aromatic rings. The number of carbonyl (C=O) groups is 2. The van der Waals surface area contributed by atoms with E-state index >= 15 is 0 Å². The molecule has 2 aromatic carbocycles. The van der Waals surface area contributed by atoms with Crippen LogP contribution >= 0.6 is 0 Å². The van der Waals surface area contributed by atoms with Crippen LogP contribution in [-0.2, 0) is 9.59 Å². The van der Waals surface area contributed by atoms with Gasteiger partial charge in [-0.2, -0.15) is 0 Å². The fraction of sp³-hybridized carbons (Fsp3) is 0.364. The van der Waals surface area contributed by atoms with Gasteiger partial charge in [-0.3, -0.25) is 9.59 Å². The Bertz CT molecular complexity index is 824. The number of hydrogen-bond acceptors (Lipinski definition) is 2. The second kappa shape index (κ2) is 6.94. The number of aliphatic carboxylic acids is 1. The Balaban J connectivity index is 1.56. The molecule has 2 aliphatic rings. The van der Waals surface area contributed by atoms with Crippen molar-refractivity contribution in [3.05, 3.63) is 59.7 Å². The summed E-state index contributed by atoms with van der Waals surface area (Å²) in [6, 6.07) is 16.9. The van der Waals surface area contributed by atoms with Crippen LogP contribution in [0.2, 0.25) is 0 Å². The molecule has 0 radical (unpaired) electrons. The molecular weight excluding hydrogens is 326 g/mol. The van der Waals surface area contributed by atoms with Crippen molar-refractivity contribution < 1.29 is 14.7 Å². The molecule has 1 saturated heterocycles. The summed E-state index contributed by atoms with van der Waals surface area (Å²) in [6.45, 7) is 0. The van der Waals surface area contributed by atoms with Gasteiger partial charge in [-0.05, 0) is 53.4 Å². The summed E-state index contributed by atoms with van der Waals surface area (Å²) in [4.78, 5) is 22.7. The highest BCUT2D eigenvalue weighted by Crippen LogP contribution is 2.44. The minimum absolute atomic E-state index is 0.00791. The van der Waals surface area contributed by atoms with E-state index in [1.54, 1.807) is 0 Å². The molecule has 1 aliphatic carbocycles. The third-order valence-corrected chi connectivity index (χ3v) is 5.52. The molecule has 1 saturated carbocycles. The first-order chi connectivity index (χ1) is 12.6. The smallest absolute Gasteiger partial charge is 0.303 e. The molecule has 0 bridgehead atoms. The quantitative estimate of drug-likeness (QED) is 0.818. The summed E-state index contributed by atoms with van der Waals surface area (Å²) in [7, 11) is 0. The van der Waals surface area contributed by atoms with E-state index in [0.29, 0.717) is 18.8 Å². The Morgan fingerprint density at radius 2 is 1.81 bits per heavy atom. The highest BCUT2D eigenvalue weighted by atomic mass is 16.4. The molecule has 0 aromatic heterocycles. The van der Waals surface area contributed by atoms with E-state index in [9.17, 15) is 9.59 Å². The highest BCUT2D eigenvalue weighted by Gasteiger charge is 2.33. The van der Waals surface area contributed by atoms with Crippen molar-refractivity contribution in [1.29, 1.82) is 0 Å². The molecule has 1 aliphatic heterocycles. The summed E-state index contributed by atoms with van der Waals surface area (Å²) in [5.74, 6) is -0.0627. The first-order valence-corrected chi connectivity index (χ1v) is 9.32. The van der Waals surface area contributed by atoms with Crippen molar-refractivity contribution in [2.45, 2.75) is 44.1 Å². The maximum absolute atomic E-state index is 11.8. The van der Waals surface area contributed by atoms with Gasteiger partial charge in [0.1, 0.15) is 0 Å². The average molecular weight is 349 g/mol. The van der Waals surface area contributed by atoms with Crippen molar-refractivity contribution >= 4 is 11.9 Å². The Morgan fingerprint density at radius 3 is 2.50 bits per heavy atom. The fourth-order valence-corrected chi connectivity index (χ4v) is 4.02. The van der Waals surface area contributed by atoms with Gasteiger partial charge in [0.15, 0.2) is 0 Å². The van der Waals surface area contributed by atoms with Crippen LogP contribution in [0.3, 0.4) is 0 Å². The minimum Gasteiger partial charge on any atom is -0.481 e. The molecule has 1 amide bonds. The van der Waals surface area contributed by atoms with Gasteiger partial charge in [0.05, 0.1) is 6.04 Å². The number of benzene rings is 2. The zero-order valence-electron chi connectivity index (χ0n) is 14.7. The molecule has 134 valence electrons. The molecule has 2 atom stereocenters. The summed E-state index contributed by atoms with van der Waals surface area (Å²) in [6.07, 6.45) is 3.57. The lowest BCUT2D eigenvalue weighted by atomic mass is 9.89. The fourth-order valence-electron chi connectivity index (χ4n) is 4.02. The first-order valence-electron chi connectivity index (χ1n) is 9.32. The monoisotopic (exact) mass is 349 g/mol. The number of rotatable bonds is 6. The summed E-state index contributed by atoms with van der Waals surface area (Å²) in [5.41, 5.74) is 4.97. The molecule has 4 rings (SSSR count). The van der Waals surface area contributed by atoms with Gasteiger partial charge < -0.3 is 10.4 Å². The van der Waals surface area contributed by atoms with E-state index in [0.717, 1.165) is 5.56 Å². The molecule has 26 heavy (non-hydrogen) atoms. The van der Waals surface area contributed by atoms with Crippen LogP contribution in [-0.4, -0.2) is 17.0 Å². The van der Waals surface area contributed by atoms with Gasteiger partial charge in [-0.15, -0.1) is 0 Å². The second-order valence-corrected chi connectivity index (χ2v) is 7.43. The van der Waals surface area contributed by atoms with Crippen LogP contribution in [0.5, 0.6) is 0 Å². The van der Waals surface area contributed by atoms with Gasteiger partial charge in [0.2, 0.25) is 5.91 Å². The number of carboxylic acid groups (broad SMARTS) is 1. The highest BCUT2D eigenvalue weighted by molar-refractivity contribution is 5.79. The Kier molecular flexibility index (Phi) is 4.49. The van der Waals surface area contributed by atoms with Crippen molar-refractivity contribution in [1.82, 2.24) is 5.32 Å². The van der Waals surface area contributed by atoms with Crippen molar-refractivity contribution in [3.63, 3.8) is 0 Å². The number of amides is 1. The second-order valence-electron chi connectivity index (χ2n) is 7.43. The molecule has 4 heteroatoms. The Labute approximate surface area is 153 Å². The molecule has 0 spiro atoms. The Morgan fingerprint density at radius 1 is 1.08 bits per heavy atom. The minimum atomic E-state index is -0.810. The van der Waals surface area contributed by atoms with Crippen LogP contribution in [0, 0.1) is 5.92 Å². The summed E-state index contributed by atoms with van der Waals surface area (Å²) >= 11 is 0. The van der Waals surface area contributed by atoms with Gasteiger partial charge in [0.25, 0.3) is 0 Å². The number of carbonyl (C=O) groups excluding carboxylic acids is 1. The van der Waals surface area contributed by atoms with Gasteiger partial charge in [-0.1, -0.05) is 48.5 Å². The molecule has 2 unspecified atom stereocenters. The van der Waals surface area contributed by atoms with Gasteiger partial charge in [-0.25, -0.2) is 0 Å². The Hall–Kier alpha value is -2.62. The number of hydrogen-bond donors (Lipinski definition) is 2. The molecule has 2 fully saturated rings. The van der Waals surface area contributed by atoms with E-state index in [-0.39, 0.29) is 24.3 Å². The SMILES string of the molecule is O=C(O)CCC1CC(=O)NC1c1ccc(-c2ccccc2C2CC2)cc1. The molecule has 4 nitrogen and oxygen atoms in total. The van der Waals surface area contributed by atoms with E-state index in [1.165, 1.54) is 29.5 Å². The molecule has 1 heterocycles. The third-order valence-electron chi connectivity index (χ3n) is 5.52. The van der Waals surface area contributed by atoms with E-state index in [1.807, 2.05) is 0 Å². The summed E-state index contributed by atoms with van der Waals surface area (Å²) in [5, 5.41) is 11.9. The number of carboxylic acids is 1. The lowest BCUT2D eigenvalue weighted by molar-refractivity contribution is -0.137. The predicted molar refractivity (Wildman–Crippen MR) is 99.7 cm³/mol. The van der Waals surface area contributed by atoms with Crippen LogP contribution in [0.25, 0.3) is 11.1 Å². The average Bonchev–Trinajstić information content (AvgIpc) is 3.42. The lowest BCUT2D eigenvalue weighted by Gasteiger charge is -2.19. The zero-order valence-corrected chi connectivity index (χ0v) is 14.7. The van der Waals surface area contributed by atoms with Crippen molar-refractivity contribution in [3.8, 4) is 11.1 Å². The maximum atomic E-state index is 11.8. The molecular formula is C22H23NO3. The topological polar surface area (TPSA) is 66.4 Å². The third kappa shape index (κ3) is 3.50. The van der Waals surface area contributed by atoms with E-state index in [4.69, 9.17) is 5.11 Å². The first kappa shape index (κ1) is 16.8. The zero-order chi connectivity index (χ0) is 18.1. The van der Waals surface area contributed by atoms with Crippen molar-refractivity contribution in [2.75, 3.05) is 0 Å². The standard InChI is InChI=1S/C22H23NO3/c24-20-13-17(11-12-21(25)26)22(23-20)16-9-7-15(8-10-16)19-4-2-1-3-18(19)14-5-6-14/h1-4,7-10,14,17,22H,5-6,11-13H2,(H,23,24)(H,25,26). The van der Waals surface area contributed by atoms with Crippen LogP contribution in [0.1, 0.15) is 55.2 Å². The number of nitrogens with one attached hydrogen (secondary N) is 1.